The summed E-state index contributed by atoms with van der Waals surface area (Å²) < 4.78 is 0. The second kappa shape index (κ2) is 6.48. The van der Waals surface area contributed by atoms with E-state index in [2.05, 4.69) is 15.9 Å². The molecule has 0 fully saturated rings. The van der Waals surface area contributed by atoms with Gasteiger partial charge in [-0.25, -0.2) is 4.79 Å². The van der Waals surface area contributed by atoms with E-state index in [1.807, 2.05) is 12.1 Å². The van der Waals surface area contributed by atoms with Crippen LogP contribution in [-0.2, 0) is 21.4 Å². The van der Waals surface area contributed by atoms with E-state index in [0.717, 1.165) is 17.3 Å². The van der Waals surface area contributed by atoms with Crippen LogP contribution >= 0.6 is 15.9 Å². The van der Waals surface area contributed by atoms with Crippen LogP contribution in [0.4, 0.5) is 0 Å². The first kappa shape index (κ1) is 16.5. The molecule has 0 aromatic heterocycles. The number of allylic oxidation sites excluding steroid dienone is 2. The van der Waals surface area contributed by atoms with E-state index in [1.54, 1.807) is 25.1 Å². The third kappa shape index (κ3) is 3.14. The molecule has 2 rings (SSSR count). The van der Waals surface area contributed by atoms with Crippen molar-refractivity contribution >= 4 is 27.9 Å². The Hall–Kier alpha value is -1.88. The van der Waals surface area contributed by atoms with Crippen LogP contribution in [0.25, 0.3) is 0 Å². The van der Waals surface area contributed by atoms with Gasteiger partial charge in [0.05, 0.1) is 0 Å². The molecule has 0 saturated heterocycles. The average Bonchev–Trinajstić information content (AvgIpc) is 2.47. The Morgan fingerprint density at radius 2 is 1.86 bits per heavy atom. The fraction of sp³-hybridized carbons (Fsp3) is 0.294. The Morgan fingerprint density at radius 1 is 1.23 bits per heavy atom. The minimum Gasteiger partial charge on any atom is -0.480 e. The first-order valence-corrected chi connectivity index (χ1v) is 8.03. The number of rotatable bonds is 5. The van der Waals surface area contributed by atoms with Gasteiger partial charge >= 0.3 is 11.9 Å². The van der Waals surface area contributed by atoms with Crippen molar-refractivity contribution in [3.8, 4) is 0 Å². The molecule has 2 N–H and O–H groups in total. The average molecular weight is 365 g/mol. The van der Waals surface area contributed by atoms with Crippen molar-refractivity contribution in [2.75, 3.05) is 5.33 Å². The Labute approximate surface area is 137 Å². The van der Waals surface area contributed by atoms with Gasteiger partial charge in [-0.3, -0.25) is 4.79 Å². The van der Waals surface area contributed by atoms with E-state index in [1.165, 1.54) is 6.08 Å². The van der Waals surface area contributed by atoms with Crippen LogP contribution in [0.2, 0.25) is 0 Å². The second-order valence-electron chi connectivity index (χ2n) is 5.45. The summed E-state index contributed by atoms with van der Waals surface area (Å²) in [6.45, 7) is 1.72. The smallest absolute Gasteiger partial charge is 0.331 e. The van der Waals surface area contributed by atoms with Gasteiger partial charge in [-0.15, -0.1) is 0 Å². The lowest BCUT2D eigenvalue weighted by molar-refractivity contribution is -0.142. The predicted octanol–water partition coefficient (Wildman–Crippen LogP) is 3.31. The molecule has 4 nitrogen and oxygen atoms in total. The highest BCUT2D eigenvalue weighted by molar-refractivity contribution is 9.09. The summed E-state index contributed by atoms with van der Waals surface area (Å²) in [5.41, 5.74) is 1.15. The number of halogens is 1. The van der Waals surface area contributed by atoms with Gasteiger partial charge in [0.1, 0.15) is 5.41 Å². The van der Waals surface area contributed by atoms with Crippen LogP contribution in [0.1, 0.15) is 24.5 Å². The molecule has 1 aromatic rings. The van der Waals surface area contributed by atoms with Gasteiger partial charge < -0.3 is 10.2 Å². The molecule has 1 atom stereocenters. The van der Waals surface area contributed by atoms with Crippen molar-refractivity contribution in [2.24, 2.45) is 0 Å². The molecule has 5 heteroatoms. The molecule has 1 aromatic carbocycles. The van der Waals surface area contributed by atoms with Crippen molar-refractivity contribution in [2.45, 2.75) is 25.2 Å². The molecule has 0 amide bonds. The lowest BCUT2D eigenvalue weighted by Gasteiger charge is -2.30. The number of carbonyl (C=O) groups is 2. The number of carboxylic acid groups (broad SMARTS) is 2. The SMILES string of the molecule is CC1=CC(C(=O)O)(c2ccc(CCBr)cc2)CC(C(=O)O)=C1. The molecule has 0 heterocycles. The van der Waals surface area contributed by atoms with Crippen LogP contribution in [0.5, 0.6) is 0 Å². The van der Waals surface area contributed by atoms with Gasteiger partial charge in [0.15, 0.2) is 0 Å². The zero-order chi connectivity index (χ0) is 16.3. The van der Waals surface area contributed by atoms with Gasteiger partial charge in [0, 0.05) is 17.3 Å². The highest BCUT2D eigenvalue weighted by Crippen LogP contribution is 2.38. The zero-order valence-electron chi connectivity index (χ0n) is 12.2. The molecule has 0 bridgehead atoms. The lowest BCUT2D eigenvalue weighted by atomic mass is 9.71. The standard InChI is InChI=1S/C17H17BrO4/c1-11-8-13(15(19)20)10-17(9-11,16(21)22)14-4-2-12(3-5-14)6-7-18/h2-5,8-9H,6-7,10H2,1H3,(H,19,20)(H,21,22). The van der Waals surface area contributed by atoms with Crippen LogP contribution < -0.4 is 0 Å². The molecular formula is C17H17BrO4. The van der Waals surface area contributed by atoms with Crippen LogP contribution in [-0.4, -0.2) is 27.5 Å². The molecule has 0 aliphatic heterocycles. The molecule has 0 radical (unpaired) electrons. The van der Waals surface area contributed by atoms with E-state index in [9.17, 15) is 19.8 Å². The van der Waals surface area contributed by atoms with Gasteiger partial charge in [0.2, 0.25) is 0 Å². The molecular weight excluding hydrogens is 348 g/mol. The van der Waals surface area contributed by atoms with E-state index >= 15 is 0 Å². The number of hydrogen-bond donors (Lipinski definition) is 2. The molecule has 0 saturated carbocycles. The predicted molar refractivity (Wildman–Crippen MR) is 87.3 cm³/mol. The highest BCUT2D eigenvalue weighted by Gasteiger charge is 2.42. The minimum atomic E-state index is -1.32. The third-order valence-corrected chi connectivity index (χ3v) is 4.25. The topological polar surface area (TPSA) is 74.6 Å². The van der Waals surface area contributed by atoms with Crippen LogP contribution in [0, 0.1) is 0 Å². The largest absolute Gasteiger partial charge is 0.480 e. The van der Waals surface area contributed by atoms with E-state index in [0.29, 0.717) is 11.1 Å². The van der Waals surface area contributed by atoms with Crippen molar-refractivity contribution in [1.29, 1.82) is 0 Å². The van der Waals surface area contributed by atoms with Crippen molar-refractivity contribution in [3.63, 3.8) is 0 Å². The first-order valence-electron chi connectivity index (χ1n) is 6.91. The van der Waals surface area contributed by atoms with Crippen molar-refractivity contribution < 1.29 is 19.8 Å². The van der Waals surface area contributed by atoms with Gasteiger partial charge in [-0.05, 0) is 30.5 Å². The Morgan fingerprint density at radius 3 is 2.36 bits per heavy atom. The van der Waals surface area contributed by atoms with Crippen molar-refractivity contribution in [3.05, 3.63) is 58.7 Å². The fourth-order valence-corrected chi connectivity index (χ4v) is 3.23. The lowest BCUT2D eigenvalue weighted by Crippen LogP contribution is -2.37. The van der Waals surface area contributed by atoms with Crippen LogP contribution in [0.3, 0.4) is 0 Å². The van der Waals surface area contributed by atoms with Gasteiger partial charge in [-0.2, -0.15) is 0 Å². The van der Waals surface area contributed by atoms with Crippen molar-refractivity contribution in [1.82, 2.24) is 0 Å². The number of hydrogen-bond acceptors (Lipinski definition) is 2. The van der Waals surface area contributed by atoms with E-state index in [4.69, 9.17) is 0 Å². The molecule has 22 heavy (non-hydrogen) atoms. The maximum atomic E-state index is 11.9. The fourth-order valence-electron chi connectivity index (χ4n) is 2.77. The normalized spacial score (nSPS) is 21.0. The maximum absolute atomic E-state index is 11.9. The highest BCUT2D eigenvalue weighted by atomic mass is 79.9. The summed E-state index contributed by atoms with van der Waals surface area (Å²) in [6, 6.07) is 7.34. The quantitative estimate of drug-likeness (QED) is 0.786. The minimum absolute atomic E-state index is 0.0488. The van der Waals surface area contributed by atoms with E-state index in [-0.39, 0.29) is 12.0 Å². The number of carboxylic acids is 2. The summed E-state index contributed by atoms with van der Waals surface area (Å²) in [5.74, 6) is -2.11. The first-order chi connectivity index (χ1) is 10.4. The monoisotopic (exact) mass is 364 g/mol. The number of aryl methyl sites for hydroxylation is 1. The molecule has 0 spiro atoms. The van der Waals surface area contributed by atoms with E-state index < -0.39 is 17.4 Å². The molecule has 1 aliphatic rings. The summed E-state index contributed by atoms with van der Waals surface area (Å²) in [7, 11) is 0. The number of aliphatic carboxylic acids is 2. The molecule has 1 unspecified atom stereocenters. The molecule has 116 valence electrons. The van der Waals surface area contributed by atoms with Gasteiger partial charge in [0.25, 0.3) is 0 Å². The summed E-state index contributed by atoms with van der Waals surface area (Å²) in [4.78, 5) is 23.2. The number of benzene rings is 1. The van der Waals surface area contributed by atoms with Crippen LogP contribution in [0.15, 0.2) is 47.6 Å². The summed E-state index contributed by atoms with van der Waals surface area (Å²) in [5, 5.41) is 19.8. The maximum Gasteiger partial charge on any atom is 0.331 e. The number of alkyl halides is 1. The Bertz CT molecular complexity index is 658. The third-order valence-electron chi connectivity index (χ3n) is 3.85. The Kier molecular flexibility index (Phi) is 4.86. The molecule has 1 aliphatic carbocycles. The van der Waals surface area contributed by atoms with Gasteiger partial charge in [-0.1, -0.05) is 51.8 Å². The second-order valence-corrected chi connectivity index (χ2v) is 6.25. The summed E-state index contributed by atoms with van der Waals surface area (Å²) in [6.07, 6.45) is 3.98. The zero-order valence-corrected chi connectivity index (χ0v) is 13.8. The Balaban J connectivity index is 2.48. The summed E-state index contributed by atoms with van der Waals surface area (Å²) >= 11 is 3.37.